The van der Waals surface area contributed by atoms with Crippen LogP contribution in [0.1, 0.15) is 36.1 Å². The van der Waals surface area contributed by atoms with Gasteiger partial charge in [0.2, 0.25) is 5.88 Å². The Labute approximate surface area is 203 Å². The molecule has 2 atom stereocenters. The molecule has 0 bridgehead atoms. The number of amides is 2. The molecule has 2 amide bonds. The number of aryl methyl sites for hydroxylation is 1. The first-order valence-electron chi connectivity index (χ1n) is 9.82. The molecule has 0 aliphatic rings. The molecule has 0 aromatic carbocycles. The molecule has 3 aromatic heterocycles. The largest absolute Gasteiger partial charge is 0.476 e. The van der Waals surface area contributed by atoms with Crippen LogP contribution in [0, 0.1) is 6.92 Å². The minimum Gasteiger partial charge on any atom is -0.476 e. The van der Waals surface area contributed by atoms with E-state index >= 15 is 0 Å². The molecule has 0 spiro atoms. The Bertz CT molecular complexity index is 1160. The molecule has 0 saturated heterocycles. The number of nitrogens with zero attached hydrogens (tertiary/aromatic N) is 3. The van der Waals surface area contributed by atoms with E-state index in [1.165, 1.54) is 24.6 Å². The van der Waals surface area contributed by atoms with Gasteiger partial charge in [0.1, 0.15) is 22.5 Å². The van der Waals surface area contributed by atoms with Gasteiger partial charge in [-0.05, 0) is 26.8 Å². The van der Waals surface area contributed by atoms with Crippen molar-refractivity contribution in [2.75, 3.05) is 24.4 Å². The Kier molecular flexibility index (Phi) is 9.00. The van der Waals surface area contributed by atoms with Gasteiger partial charge >= 0.3 is 12.2 Å². The maximum Gasteiger partial charge on any atom is 0.421 e. The van der Waals surface area contributed by atoms with E-state index in [2.05, 4.69) is 25.6 Å². The highest BCUT2D eigenvalue weighted by molar-refractivity contribution is 7.18. The van der Waals surface area contributed by atoms with Crippen molar-refractivity contribution >= 4 is 51.5 Å². The maximum atomic E-state index is 13.5. The van der Waals surface area contributed by atoms with Gasteiger partial charge in [-0.25, -0.2) is 19.7 Å². The molecular weight excluding hydrogens is 497 g/mol. The number of carbonyl (C=O) groups excluding carboxylic acids is 1. The number of halogens is 4. The first-order chi connectivity index (χ1) is 15.5. The Morgan fingerprint density at radius 3 is 2.56 bits per heavy atom. The average molecular weight is 521 g/mol. The Hall–Kier alpha value is -2.74. The number of hydrogen-bond donors (Lipinski definition) is 3. The number of thiazole rings is 1. The Morgan fingerprint density at radius 2 is 1.94 bits per heavy atom. The monoisotopic (exact) mass is 520 g/mol. The number of fused-ring (bicyclic) bond motifs is 1. The van der Waals surface area contributed by atoms with Crippen molar-refractivity contribution in [1.82, 2.24) is 15.0 Å². The van der Waals surface area contributed by atoms with Gasteiger partial charge in [-0.3, -0.25) is 0 Å². The smallest absolute Gasteiger partial charge is 0.421 e. The minimum absolute atomic E-state index is 0. The van der Waals surface area contributed by atoms with Gasteiger partial charge < -0.3 is 25.8 Å². The number of hydrogen-bond acceptors (Lipinski definition) is 8. The summed E-state index contributed by atoms with van der Waals surface area (Å²) in [5.41, 5.74) is 5.74. The molecular formula is C20H24ClF3N6O3S. The van der Waals surface area contributed by atoms with Gasteiger partial charge in [-0.15, -0.1) is 12.4 Å². The van der Waals surface area contributed by atoms with E-state index in [9.17, 15) is 18.0 Å². The van der Waals surface area contributed by atoms with Crippen molar-refractivity contribution in [2.45, 2.75) is 39.1 Å². The number of alkyl halides is 3. The molecule has 0 aliphatic carbocycles. The van der Waals surface area contributed by atoms with E-state index in [1.54, 1.807) is 13.8 Å². The van der Waals surface area contributed by atoms with Crippen LogP contribution in [-0.4, -0.2) is 40.7 Å². The standard InChI is InChI=1S/C20H23F3N6O3S.ClH/c1-9(24)8-32-17-13(20(21,22)23)5-12(6-25-17)28-19(30)29-14-7-26-18-16(27-11(3)33-18)15(14)10(2)31-4;/h5-7,9-10H,8,24H2,1-4H3,(H2,28,29,30);1H. The third kappa shape index (κ3) is 6.44. The van der Waals surface area contributed by atoms with E-state index in [0.717, 1.165) is 17.3 Å². The molecule has 3 heterocycles. The van der Waals surface area contributed by atoms with Crippen molar-refractivity contribution in [3.63, 3.8) is 0 Å². The minimum atomic E-state index is -4.74. The van der Waals surface area contributed by atoms with Crippen LogP contribution >= 0.6 is 23.7 Å². The maximum absolute atomic E-state index is 13.5. The van der Waals surface area contributed by atoms with Crippen molar-refractivity contribution in [1.29, 1.82) is 0 Å². The lowest BCUT2D eigenvalue weighted by atomic mass is 10.1. The number of ether oxygens (including phenoxy) is 2. The van der Waals surface area contributed by atoms with Gasteiger partial charge in [0.15, 0.2) is 0 Å². The lowest BCUT2D eigenvalue weighted by Crippen LogP contribution is -2.25. The predicted molar refractivity (Wildman–Crippen MR) is 126 cm³/mol. The number of carbonyl (C=O) groups is 1. The SMILES string of the molecule is COC(C)c1c(NC(=O)Nc2cnc(OCC(C)N)c(C(F)(F)F)c2)cnc2sc(C)nc12.Cl. The summed E-state index contributed by atoms with van der Waals surface area (Å²) in [6.07, 6.45) is -2.65. The van der Waals surface area contributed by atoms with Gasteiger partial charge in [0, 0.05) is 18.7 Å². The fourth-order valence-corrected chi connectivity index (χ4v) is 3.74. The van der Waals surface area contributed by atoms with Crippen LogP contribution in [0.3, 0.4) is 0 Å². The quantitative estimate of drug-likeness (QED) is 0.404. The molecule has 0 aliphatic heterocycles. The molecule has 4 N–H and O–H groups in total. The summed E-state index contributed by atoms with van der Waals surface area (Å²) in [5, 5.41) is 5.75. The van der Waals surface area contributed by atoms with Crippen LogP contribution in [0.15, 0.2) is 18.5 Å². The summed E-state index contributed by atoms with van der Waals surface area (Å²) in [4.78, 5) is 25.7. The zero-order chi connectivity index (χ0) is 24.3. The molecule has 34 heavy (non-hydrogen) atoms. The lowest BCUT2D eigenvalue weighted by Gasteiger charge is -2.17. The second-order valence-corrected chi connectivity index (χ2v) is 8.47. The lowest BCUT2D eigenvalue weighted by molar-refractivity contribution is -0.139. The summed E-state index contributed by atoms with van der Waals surface area (Å²) >= 11 is 1.39. The highest BCUT2D eigenvalue weighted by Crippen LogP contribution is 2.37. The number of nitrogens with two attached hydrogens (primary N) is 1. The average Bonchev–Trinajstić information content (AvgIpc) is 3.11. The fraction of sp³-hybridized carbons (Fsp3) is 0.400. The number of methoxy groups -OCH3 is 1. The number of rotatable bonds is 7. The van der Waals surface area contributed by atoms with E-state index in [-0.39, 0.29) is 24.7 Å². The molecule has 0 radical (unpaired) electrons. The summed E-state index contributed by atoms with van der Waals surface area (Å²) in [6.45, 7) is 5.06. The Morgan fingerprint density at radius 1 is 1.24 bits per heavy atom. The molecule has 3 rings (SSSR count). The van der Waals surface area contributed by atoms with E-state index in [4.69, 9.17) is 15.2 Å². The van der Waals surface area contributed by atoms with Crippen molar-refractivity contribution < 1.29 is 27.4 Å². The molecule has 14 heteroatoms. The van der Waals surface area contributed by atoms with E-state index in [0.29, 0.717) is 21.6 Å². The summed E-state index contributed by atoms with van der Waals surface area (Å²) < 4.78 is 50.9. The van der Waals surface area contributed by atoms with Crippen LogP contribution in [0.5, 0.6) is 5.88 Å². The van der Waals surface area contributed by atoms with Crippen molar-refractivity contribution in [2.24, 2.45) is 5.73 Å². The molecule has 0 saturated carbocycles. The number of nitrogens with one attached hydrogen (secondary N) is 2. The Balaban J connectivity index is 0.00000408. The first kappa shape index (κ1) is 27.5. The van der Waals surface area contributed by atoms with Gasteiger partial charge in [-0.2, -0.15) is 13.2 Å². The molecule has 3 aromatic rings. The third-order valence-electron chi connectivity index (χ3n) is 4.48. The number of pyridine rings is 2. The zero-order valence-corrected chi connectivity index (χ0v) is 20.3. The molecule has 2 unspecified atom stereocenters. The third-order valence-corrected chi connectivity index (χ3v) is 5.36. The second-order valence-electron chi connectivity index (χ2n) is 7.29. The van der Waals surface area contributed by atoms with Crippen LogP contribution in [0.25, 0.3) is 10.3 Å². The van der Waals surface area contributed by atoms with Crippen LogP contribution < -0.4 is 21.1 Å². The van der Waals surface area contributed by atoms with Crippen LogP contribution in [0.2, 0.25) is 0 Å². The molecule has 0 fully saturated rings. The first-order valence-corrected chi connectivity index (χ1v) is 10.6. The van der Waals surface area contributed by atoms with Gasteiger partial charge in [0.05, 0.1) is 34.9 Å². The van der Waals surface area contributed by atoms with Gasteiger partial charge in [0.25, 0.3) is 0 Å². The molecule has 186 valence electrons. The van der Waals surface area contributed by atoms with Crippen molar-refractivity contribution in [3.8, 4) is 5.88 Å². The van der Waals surface area contributed by atoms with Crippen LogP contribution in [-0.2, 0) is 10.9 Å². The van der Waals surface area contributed by atoms with Crippen molar-refractivity contribution in [3.05, 3.63) is 34.6 Å². The fourth-order valence-electron chi connectivity index (χ4n) is 2.96. The van der Waals surface area contributed by atoms with Gasteiger partial charge in [-0.1, -0.05) is 11.3 Å². The topological polar surface area (TPSA) is 124 Å². The van der Waals surface area contributed by atoms with E-state index < -0.39 is 35.8 Å². The highest BCUT2D eigenvalue weighted by atomic mass is 35.5. The van der Waals surface area contributed by atoms with E-state index in [1.807, 2.05) is 6.92 Å². The molecule has 9 nitrogen and oxygen atoms in total. The number of urea groups is 1. The summed E-state index contributed by atoms with van der Waals surface area (Å²) in [7, 11) is 1.51. The second kappa shape index (κ2) is 11.1. The normalized spacial score (nSPS) is 13.2. The number of aromatic nitrogens is 3. The highest BCUT2D eigenvalue weighted by Gasteiger charge is 2.36. The van der Waals surface area contributed by atoms with Crippen LogP contribution in [0.4, 0.5) is 29.3 Å². The summed E-state index contributed by atoms with van der Waals surface area (Å²) in [5.74, 6) is -0.615. The predicted octanol–water partition coefficient (Wildman–Crippen LogP) is 4.91. The summed E-state index contributed by atoms with van der Waals surface area (Å²) in [6, 6.07) is -0.521. The zero-order valence-electron chi connectivity index (χ0n) is 18.7. The number of anilines is 2.